The average molecular weight is 210 g/mol. The van der Waals surface area contributed by atoms with Crippen LogP contribution in [0.3, 0.4) is 0 Å². The van der Waals surface area contributed by atoms with Gasteiger partial charge in [-0.3, -0.25) is 4.79 Å². The lowest BCUT2D eigenvalue weighted by atomic mass is 9.73. The summed E-state index contributed by atoms with van der Waals surface area (Å²) < 4.78 is 0. The van der Waals surface area contributed by atoms with Crippen LogP contribution in [0.15, 0.2) is 12.2 Å². The van der Waals surface area contributed by atoms with E-state index in [1.165, 1.54) is 0 Å². The molecule has 0 aliphatic carbocycles. The second-order valence-corrected chi connectivity index (χ2v) is 5.52. The molecular weight excluding hydrogens is 184 g/mol. The molecule has 1 nitrogen and oxygen atoms in total. The third-order valence-electron chi connectivity index (χ3n) is 3.82. The van der Waals surface area contributed by atoms with Crippen molar-refractivity contribution < 1.29 is 4.79 Å². The first-order valence-electron chi connectivity index (χ1n) is 5.92. The molecule has 0 heterocycles. The molecule has 2 unspecified atom stereocenters. The Morgan fingerprint density at radius 3 is 2.13 bits per heavy atom. The van der Waals surface area contributed by atoms with Crippen LogP contribution < -0.4 is 0 Å². The molecule has 0 bridgehead atoms. The third-order valence-corrected chi connectivity index (χ3v) is 3.82. The predicted molar refractivity (Wildman–Crippen MR) is 66.8 cm³/mol. The van der Waals surface area contributed by atoms with Gasteiger partial charge in [-0.15, -0.1) is 0 Å². The molecule has 0 N–H and O–H groups in total. The first kappa shape index (κ1) is 14.4. The third kappa shape index (κ3) is 4.19. The van der Waals surface area contributed by atoms with Crippen molar-refractivity contribution in [3.8, 4) is 0 Å². The summed E-state index contributed by atoms with van der Waals surface area (Å²) >= 11 is 0. The van der Waals surface area contributed by atoms with Gasteiger partial charge in [0.1, 0.15) is 0 Å². The summed E-state index contributed by atoms with van der Waals surface area (Å²) in [6.07, 6.45) is 2.12. The summed E-state index contributed by atoms with van der Waals surface area (Å²) in [7, 11) is 0. The average Bonchev–Trinajstić information content (AvgIpc) is 2.16. The lowest BCUT2D eigenvalue weighted by molar-refractivity contribution is -0.119. The van der Waals surface area contributed by atoms with E-state index in [1.807, 2.05) is 6.92 Å². The van der Waals surface area contributed by atoms with Crippen molar-refractivity contribution in [3.63, 3.8) is 0 Å². The smallest absolute Gasteiger partial charge is 0.160 e. The Bertz CT molecular complexity index is 238. The lowest BCUT2D eigenvalue weighted by Gasteiger charge is -2.32. The maximum Gasteiger partial charge on any atom is 0.160 e. The zero-order valence-electron chi connectivity index (χ0n) is 11.2. The summed E-state index contributed by atoms with van der Waals surface area (Å²) in [4.78, 5) is 11.7. The van der Waals surface area contributed by atoms with Gasteiger partial charge in [-0.2, -0.15) is 0 Å². The molecule has 0 saturated heterocycles. The number of ketones is 1. The molecule has 0 radical (unpaired) electrons. The molecule has 0 aromatic heterocycles. The van der Waals surface area contributed by atoms with E-state index in [2.05, 4.69) is 34.3 Å². The second-order valence-electron chi connectivity index (χ2n) is 5.52. The van der Waals surface area contributed by atoms with Crippen molar-refractivity contribution in [1.82, 2.24) is 0 Å². The molecule has 0 rings (SSSR count). The van der Waals surface area contributed by atoms with Gasteiger partial charge in [0.2, 0.25) is 0 Å². The predicted octanol–water partition coefficient (Wildman–Crippen LogP) is 4.23. The minimum Gasteiger partial charge on any atom is -0.294 e. The van der Waals surface area contributed by atoms with E-state index >= 15 is 0 Å². The minimum atomic E-state index is 0.114. The molecule has 88 valence electrons. The standard InChI is InChI=1S/C14H26O/c1-8-14(6,7)12(5)9-11(4)13(15)10(2)3/h11-12H,2,8-9H2,1,3-7H3. The van der Waals surface area contributed by atoms with Crippen LogP contribution in [0.1, 0.15) is 54.4 Å². The van der Waals surface area contributed by atoms with E-state index in [4.69, 9.17) is 0 Å². The van der Waals surface area contributed by atoms with E-state index in [0.29, 0.717) is 16.9 Å². The summed E-state index contributed by atoms with van der Waals surface area (Å²) in [6, 6.07) is 0. The highest BCUT2D eigenvalue weighted by Crippen LogP contribution is 2.34. The van der Waals surface area contributed by atoms with Crippen molar-refractivity contribution in [2.75, 3.05) is 0 Å². The summed E-state index contributed by atoms with van der Waals surface area (Å²) in [5, 5.41) is 0. The fraction of sp³-hybridized carbons (Fsp3) is 0.786. The van der Waals surface area contributed by atoms with Gasteiger partial charge in [-0.05, 0) is 30.3 Å². The fourth-order valence-electron chi connectivity index (χ4n) is 1.73. The zero-order chi connectivity index (χ0) is 12.2. The van der Waals surface area contributed by atoms with Crippen molar-refractivity contribution in [1.29, 1.82) is 0 Å². The number of rotatable bonds is 6. The SMILES string of the molecule is C=C(C)C(=O)C(C)CC(C)C(C)(C)CC. The molecule has 0 fully saturated rings. The number of hydrogen-bond donors (Lipinski definition) is 0. The highest BCUT2D eigenvalue weighted by molar-refractivity contribution is 5.95. The molecule has 0 spiro atoms. The Balaban J connectivity index is 4.36. The highest BCUT2D eigenvalue weighted by Gasteiger charge is 2.27. The molecule has 0 saturated carbocycles. The topological polar surface area (TPSA) is 17.1 Å². The summed E-state index contributed by atoms with van der Waals surface area (Å²) in [5.74, 6) is 0.901. The van der Waals surface area contributed by atoms with E-state index in [0.717, 1.165) is 12.8 Å². The Labute approximate surface area is 95.0 Å². The monoisotopic (exact) mass is 210 g/mol. The van der Waals surface area contributed by atoms with Gasteiger partial charge in [0.15, 0.2) is 5.78 Å². The van der Waals surface area contributed by atoms with E-state index in [-0.39, 0.29) is 11.7 Å². The van der Waals surface area contributed by atoms with Gasteiger partial charge < -0.3 is 0 Å². The van der Waals surface area contributed by atoms with E-state index in [1.54, 1.807) is 6.92 Å². The van der Waals surface area contributed by atoms with Crippen LogP contribution in [0.5, 0.6) is 0 Å². The molecule has 15 heavy (non-hydrogen) atoms. The first-order valence-corrected chi connectivity index (χ1v) is 5.92. The Hall–Kier alpha value is -0.590. The molecule has 2 atom stereocenters. The van der Waals surface area contributed by atoms with Gasteiger partial charge in [-0.1, -0.05) is 47.6 Å². The Morgan fingerprint density at radius 1 is 1.33 bits per heavy atom. The second kappa shape index (κ2) is 5.48. The van der Waals surface area contributed by atoms with Gasteiger partial charge in [-0.25, -0.2) is 0 Å². The van der Waals surface area contributed by atoms with Crippen molar-refractivity contribution in [2.24, 2.45) is 17.3 Å². The maximum absolute atomic E-state index is 11.7. The molecule has 1 heteroatoms. The van der Waals surface area contributed by atoms with Crippen molar-refractivity contribution >= 4 is 5.78 Å². The van der Waals surface area contributed by atoms with Gasteiger partial charge >= 0.3 is 0 Å². The number of carbonyl (C=O) groups excluding carboxylic acids is 1. The molecule has 0 amide bonds. The zero-order valence-corrected chi connectivity index (χ0v) is 11.2. The summed E-state index contributed by atoms with van der Waals surface area (Å²) in [6.45, 7) is 16.5. The van der Waals surface area contributed by atoms with Gasteiger partial charge in [0.25, 0.3) is 0 Å². The van der Waals surface area contributed by atoms with Crippen LogP contribution in [0.4, 0.5) is 0 Å². The highest BCUT2D eigenvalue weighted by atomic mass is 16.1. The largest absolute Gasteiger partial charge is 0.294 e. The van der Waals surface area contributed by atoms with E-state index < -0.39 is 0 Å². The minimum absolute atomic E-state index is 0.114. The van der Waals surface area contributed by atoms with E-state index in [9.17, 15) is 4.79 Å². The number of hydrogen-bond acceptors (Lipinski definition) is 1. The normalized spacial score (nSPS) is 15.9. The van der Waals surface area contributed by atoms with Crippen LogP contribution in [0, 0.1) is 17.3 Å². The molecule has 0 aliphatic heterocycles. The molecular formula is C14H26O. The van der Waals surface area contributed by atoms with Gasteiger partial charge in [0, 0.05) is 5.92 Å². The first-order chi connectivity index (χ1) is 6.72. The van der Waals surface area contributed by atoms with Crippen LogP contribution in [0.25, 0.3) is 0 Å². The fourth-order valence-corrected chi connectivity index (χ4v) is 1.73. The number of Topliss-reactive ketones (excluding diaryl/α,β-unsaturated/α-hetero) is 1. The Kier molecular flexibility index (Phi) is 5.27. The van der Waals surface area contributed by atoms with Gasteiger partial charge in [0.05, 0.1) is 0 Å². The molecule has 0 aromatic carbocycles. The van der Waals surface area contributed by atoms with Crippen LogP contribution >= 0.6 is 0 Å². The Morgan fingerprint density at radius 2 is 1.80 bits per heavy atom. The van der Waals surface area contributed by atoms with Crippen molar-refractivity contribution in [3.05, 3.63) is 12.2 Å². The maximum atomic E-state index is 11.7. The van der Waals surface area contributed by atoms with Crippen LogP contribution in [-0.4, -0.2) is 5.78 Å². The summed E-state index contributed by atoms with van der Waals surface area (Å²) in [5.41, 5.74) is 1.01. The van der Waals surface area contributed by atoms with Crippen LogP contribution in [0.2, 0.25) is 0 Å². The molecule has 0 aromatic rings. The lowest BCUT2D eigenvalue weighted by Crippen LogP contribution is -2.25. The number of carbonyl (C=O) groups is 1. The molecule has 0 aliphatic rings. The number of allylic oxidation sites excluding steroid dienone is 1. The van der Waals surface area contributed by atoms with Crippen molar-refractivity contribution in [2.45, 2.75) is 54.4 Å². The van der Waals surface area contributed by atoms with Crippen LogP contribution in [-0.2, 0) is 4.79 Å². The quantitative estimate of drug-likeness (QED) is 0.600.